The van der Waals surface area contributed by atoms with Crippen LogP contribution in [0.2, 0.25) is 10.0 Å². The first-order valence-electron chi connectivity index (χ1n) is 7.30. The van der Waals surface area contributed by atoms with Gasteiger partial charge < -0.3 is 20.8 Å². The number of hydrogen-bond donors (Lipinski definition) is 4. The van der Waals surface area contributed by atoms with Crippen LogP contribution in [-0.2, 0) is 0 Å². The summed E-state index contributed by atoms with van der Waals surface area (Å²) in [4.78, 5) is 4.09. The van der Waals surface area contributed by atoms with E-state index in [1.54, 1.807) is 37.0 Å². The fourth-order valence-electron chi connectivity index (χ4n) is 2.28. The van der Waals surface area contributed by atoms with Gasteiger partial charge in [0.25, 0.3) is 0 Å². The van der Waals surface area contributed by atoms with E-state index in [0.717, 1.165) is 17.9 Å². The zero-order valence-electron chi connectivity index (χ0n) is 12.9. The maximum Gasteiger partial charge on any atom is 0.191 e. The van der Waals surface area contributed by atoms with Crippen molar-refractivity contribution in [3.05, 3.63) is 33.8 Å². The normalized spacial score (nSPS) is 22.9. The molecule has 4 N–H and O–H groups in total. The van der Waals surface area contributed by atoms with Gasteiger partial charge in [0.05, 0.1) is 11.7 Å². The zero-order chi connectivity index (χ0) is 16.9. The zero-order valence-corrected chi connectivity index (χ0v) is 15.2. The molecule has 0 amide bonds. The van der Waals surface area contributed by atoms with E-state index in [2.05, 4.69) is 15.6 Å². The summed E-state index contributed by atoms with van der Waals surface area (Å²) in [5.74, 6) is 2.22. The van der Waals surface area contributed by atoms with Crippen molar-refractivity contribution in [1.82, 2.24) is 10.6 Å². The van der Waals surface area contributed by atoms with Crippen LogP contribution >= 0.6 is 35.0 Å². The molecule has 0 bridgehead atoms. The summed E-state index contributed by atoms with van der Waals surface area (Å²) in [5, 5.41) is 27.6. The van der Waals surface area contributed by atoms with E-state index < -0.39 is 11.7 Å². The quantitative estimate of drug-likeness (QED) is 0.466. The van der Waals surface area contributed by atoms with Crippen molar-refractivity contribution >= 4 is 40.9 Å². The van der Waals surface area contributed by atoms with E-state index in [9.17, 15) is 10.2 Å². The van der Waals surface area contributed by atoms with Crippen molar-refractivity contribution in [3.8, 4) is 0 Å². The predicted molar refractivity (Wildman–Crippen MR) is 97.7 cm³/mol. The van der Waals surface area contributed by atoms with E-state index in [4.69, 9.17) is 23.2 Å². The molecule has 1 fully saturated rings. The van der Waals surface area contributed by atoms with Gasteiger partial charge in [0, 0.05) is 35.9 Å². The minimum Gasteiger partial charge on any atom is -0.387 e. The molecule has 23 heavy (non-hydrogen) atoms. The summed E-state index contributed by atoms with van der Waals surface area (Å²) >= 11 is 13.6. The molecule has 5 nitrogen and oxygen atoms in total. The Morgan fingerprint density at radius 1 is 1.35 bits per heavy atom. The molecular weight excluding hydrogens is 357 g/mol. The van der Waals surface area contributed by atoms with Gasteiger partial charge in [-0.25, -0.2) is 0 Å². The summed E-state index contributed by atoms with van der Waals surface area (Å²) < 4.78 is 0. The number of aliphatic hydroxyl groups excluding tert-OH is 1. The summed E-state index contributed by atoms with van der Waals surface area (Å²) in [5.41, 5.74) is -0.0576. The summed E-state index contributed by atoms with van der Waals surface area (Å²) in [6, 6.07) is 4.97. The molecule has 0 radical (unpaired) electrons. The SMILES string of the molecule is CN=C(NCC(O)c1cc(Cl)cc(Cl)c1)NCC1(O)CCSC1. The van der Waals surface area contributed by atoms with E-state index in [1.807, 2.05) is 0 Å². The molecule has 1 aliphatic rings. The van der Waals surface area contributed by atoms with Gasteiger partial charge >= 0.3 is 0 Å². The van der Waals surface area contributed by atoms with Crippen LogP contribution in [0.5, 0.6) is 0 Å². The molecule has 1 heterocycles. The molecule has 0 saturated carbocycles. The van der Waals surface area contributed by atoms with E-state index >= 15 is 0 Å². The van der Waals surface area contributed by atoms with E-state index in [0.29, 0.717) is 28.1 Å². The number of aliphatic hydroxyl groups is 2. The van der Waals surface area contributed by atoms with Crippen LogP contribution in [0.4, 0.5) is 0 Å². The van der Waals surface area contributed by atoms with Crippen LogP contribution in [0.1, 0.15) is 18.1 Å². The van der Waals surface area contributed by atoms with E-state index in [1.165, 1.54) is 0 Å². The first kappa shape index (κ1) is 18.7. The lowest BCUT2D eigenvalue weighted by molar-refractivity contribution is 0.0723. The highest BCUT2D eigenvalue weighted by Crippen LogP contribution is 2.27. The summed E-state index contributed by atoms with van der Waals surface area (Å²) in [6.45, 7) is 0.683. The van der Waals surface area contributed by atoms with Crippen molar-refractivity contribution in [2.75, 3.05) is 31.6 Å². The summed E-state index contributed by atoms with van der Waals surface area (Å²) in [6.07, 6.45) is 0.000510. The van der Waals surface area contributed by atoms with Gasteiger partial charge in [-0.2, -0.15) is 11.8 Å². The van der Waals surface area contributed by atoms with Crippen molar-refractivity contribution < 1.29 is 10.2 Å². The smallest absolute Gasteiger partial charge is 0.191 e. The van der Waals surface area contributed by atoms with Crippen LogP contribution < -0.4 is 10.6 Å². The van der Waals surface area contributed by atoms with Crippen LogP contribution in [0.25, 0.3) is 0 Å². The van der Waals surface area contributed by atoms with Gasteiger partial charge in [0.2, 0.25) is 0 Å². The molecule has 1 aromatic rings. The average molecular weight is 378 g/mol. The average Bonchev–Trinajstić information content (AvgIpc) is 2.93. The Labute approximate surface area is 150 Å². The number of nitrogens with zero attached hydrogens (tertiary/aromatic N) is 1. The van der Waals surface area contributed by atoms with Gasteiger partial charge in [-0.3, -0.25) is 4.99 Å². The van der Waals surface area contributed by atoms with Crippen molar-refractivity contribution in [2.24, 2.45) is 4.99 Å². The third-order valence-corrected chi connectivity index (χ3v) is 5.29. The molecule has 0 spiro atoms. The number of halogens is 2. The fraction of sp³-hybridized carbons (Fsp3) is 0.533. The monoisotopic (exact) mass is 377 g/mol. The van der Waals surface area contributed by atoms with Crippen LogP contribution in [0.15, 0.2) is 23.2 Å². The van der Waals surface area contributed by atoms with Crippen LogP contribution in [-0.4, -0.2) is 53.4 Å². The molecule has 1 saturated heterocycles. The highest BCUT2D eigenvalue weighted by molar-refractivity contribution is 7.99. The number of guanidine groups is 1. The Hall–Kier alpha value is -0.660. The van der Waals surface area contributed by atoms with Gasteiger partial charge in [0.15, 0.2) is 5.96 Å². The Morgan fingerprint density at radius 2 is 2.04 bits per heavy atom. The molecule has 1 aromatic carbocycles. The Morgan fingerprint density at radius 3 is 2.61 bits per heavy atom. The van der Waals surface area contributed by atoms with Crippen LogP contribution in [0, 0.1) is 0 Å². The molecule has 1 aliphatic heterocycles. The molecular formula is C15H21Cl2N3O2S. The number of benzene rings is 1. The third kappa shape index (κ3) is 5.72. The Balaban J connectivity index is 1.85. The second kappa shape index (κ2) is 8.44. The van der Waals surface area contributed by atoms with E-state index in [-0.39, 0.29) is 6.54 Å². The molecule has 2 unspecified atom stereocenters. The summed E-state index contributed by atoms with van der Waals surface area (Å²) in [7, 11) is 1.64. The van der Waals surface area contributed by atoms with Crippen molar-refractivity contribution in [1.29, 1.82) is 0 Å². The Bertz CT molecular complexity index is 545. The molecule has 2 rings (SSSR count). The van der Waals surface area contributed by atoms with Gasteiger partial charge in [-0.1, -0.05) is 23.2 Å². The standard InChI is InChI=1S/C15H21Cl2N3O2S/c1-18-14(20-8-15(22)2-3-23-9-15)19-7-13(21)10-4-11(16)6-12(17)5-10/h4-6,13,21-22H,2-3,7-9H2,1H3,(H2,18,19,20). The lowest BCUT2D eigenvalue weighted by atomic mass is 10.0. The predicted octanol–water partition coefficient (Wildman–Crippen LogP) is 2.06. The number of thioether (sulfide) groups is 1. The molecule has 0 aromatic heterocycles. The minimum atomic E-state index is -0.769. The number of nitrogens with one attached hydrogen (secondary N) is 2. The molecule has 128 valence electrons. The lowest BCUT2D eigenvalue weighted by Crippen LogP contribution is -2.48. The van der Waals surface area contributed by atoms with Gasteiger partial charge in [0.1, 0.15) is 0 Å². The molecule has 8 heteroatoms. The Kier molecular flexibility index (Phi) is 6.85. The highest BCUT2D eigenvalue weighted by Gasteiger charge is 2.31. The first-order valence-corrected chi connectivity index (χ1v) is 9.22. The second-order valence-corrected chi connectivity index (χ2v) is 7.53. The van der Waals surface area contributed by atoms with Crippen LogP contribution in [0.3, 0.4) is 0 Å². The maximum atomic E-state index is 10.3. The van der Waals surface area contributed by atoms with Crippen molar-refractivity contribution in [3.63, 3.8) is 0 Å². The number of rotatable bonds is 5. The molecule has 2 atom stereocenters. The lowest BCUT2D eigenvalue weighted by Gasteiger charge is -2.23. The highest BCUT2D eigenvalue weighted by atomic mass is 35.5. The number of aliphatic imine (C=N–C) groups is 1. The number of hydrogen-bond acceptors (Lipinski definition) is 4. The topological polar surface area (TPSA) is 76.9 Å². The first-order chi connectivity index (χ1) is 10.9. The minimum absolute atomic E-state index is 0.253. The van der Waals surface area contributed by atoms with Crippen molar-refractivity contribution in [2.45, 2.75) is 18.1 Å². The maximum absolute atomic E-state index is 10.3. The largest absolute Gasteiger partial charge is 0.387 e. The molecule has 0 aliphatic carbocycles. The van der Waals surface area contributed by atoms with Gasteiger partial charge in [-0.15, -0.1) is 0 Å². The third-order valence-electron chi connectivity index (χ3n) is 3.62. The second-order valence-electron chi connectivity index (χ2n) is 5.55. The fourth-order valence-corrected chi connectivity index (χ4v) is 4.12. The van der Waals surface area contributed by atoms with Gasteiger partial charge in [-0.05, 0) is 35.9 Å².